The summed E-state index contributed by atoms with van der Waals surface area (Å²) in [7, 11) is 0. The molecule has 2 rings (SSSR count). The number of carbonyl (C=O) groups is 2. The number of amides is 1. The Kier molecular flexibility index (Phi) is 3.94. The molecule has 0 spiro atoms. The Bertz CT molecular complexity index is 497. The topological polar surface area (TPSA) is 66.4 Å². The minimum Gasteiger partial charge on any atom is -0.481 e. The van der Waals surface area contributed by atoms with Gasteiger partial charge in [-0.2, -0.15) is 0 Å². The van der Waals surface area contributed by atoms with E-state index in [0.29, 0.717) is 11.3 Å². The van der Waals surface area contributed by atoms with E-state index in [9.17, 15) is 14.7 Å². The van der Waals surface area contributed by atoms with E-state index < -0.39 is 11.4 Å². The zero-order valence-corrected chi connectivity index (χ0v) is 12.0. The Hall–Kier alpha value is -1.36. The summed E-state index contributed by atoms with van der Waals surface area (Å²) in [5, 5.41) is 14.2. The van der Waals surface area contributed by atoms with Crippen LogP contribution in [0.15, 0.2) is 11.4 Å². The van der Waals surface area contributed by atoms with E-state index in [1.807, 2.05) is 18.4 Å². The van der Waals surface area contributed by atoms with Crippen molar-refractivity contribution in [3.05, 3.63) is 21.9 Å². The molecule has 5 heteroatoms. The molecule has 1 heterocycles. The minimum atomic E-state index is -0.834. The number of carbonyl (C=O) groups excluding carboxylic acids is 1. The Morgan fingerprint density at radius 1 is 1.58 bits per heavy atom. The number of thiophene rings is 1. The van der Waals surface area contributed by atoms with Crippen LogP contribution in [0.25, 0.3) is 0 Å². The van der Waals surface area contributed by atoms with Gasteiger partial charge < -0.3 is 10.4 Å². The van der Waals surface area contributed by atoms with Crippen LogP contribution in [0.1, 0.15) is 48.3 Å². The predicted octanol–water partition coefficient (Wildman–Crippen LogP) is 2.68. The van der Waals surface area contributed by atoms with Crippen molar-refractivity contribution < 1.29 is 14.7 Å². The summed E-state index contributed by atoms with van der Waals surface area (Å²) >= 11 is 1.41. The van der Waals surface area contributed by atoms with E-state index >= 15 is 0 Å². The first-order chi connectivity index (χ1) is 8.99. The Morgan fingerprint density at radius 3 is 2.95 bits per heavy atom. The molecule has 0 radical (unpaired) electrons. The zero-order chi connectivity index (χ0) is 14.0. The molecule has 1 saturated carbocycles. The molecule has 0 bridgehead atoms. The largest absolute Gasteiger partial charge is 0.481 e. The molecule has 2 N–H and O–H groups in total. The van der Waals surface area contributed by atoms with Gasteiger partial charge in [0.05, 0.1) is 10.3 Å². The SMILES string of the molecule is CCc1ccsc1C(=O)NC1CCCC1(C)C(=O)O. The third kappa shape index (κ3) is 2.52. The standard InChI is InChI=1S/C14H19NO3S/c1-3-9-6-8-19-11(9)12(16)15-10-5-4-7-14(10,2)13(17)18/h6,8,10H,3-5,7H2,1-2H3,(H,15,16)(H,17,18). The number of aliphatic carboxylic acids is 1. The van der Waals surface area contributed by atoms with Gasteiger partial charge in [0.15, 0.2) is 0 Å². The second kappa shape index (κ2) is 5.33. The summed E-state index contributed by atoms with van der Waals surface area (Å²) in [6, 6.07) is 1.68. The van der Waals surface area contributed by atoms with Crippen LogP contribution in [-0.2, 0) is 11.2 Å². The summed E-state index contributed by atoms with van der Waals surface area (Å²) < 4.78 is 0. The van der Waals surface area contributed by atoms with Crippen molar-refractivity contribution in [1.82, 2.24) is 5.32 Å². The number of rotatable bonds is 4. The molecular formula is C14H19NO3S. The lowest BCUT2D eigenvalue weighted by atomic mass is 9.85. The zero-order valence-electron chi connectivity index (χ0n) is 11.2. The molecule has 2 unspecified atom stereocenters. The normalized spacial score (nSPS) is 26.3. The molecule has 2 atom stereocenters. The number of aryl methyl sites for hydroxylation is 1. The second-order valence-corrected chi connectivity index (χ2v) is 6.19. The monoisotopic (exact) mass is 281 g/mol. The highest BCUT2D eigenvalue weighted by Crippen LogP contribution is 2.38. The lowest BCUT2D eigenvalue weighted by molar-refractivity contribution is -0.148. The predicted molar refractivity (Wildman–Crippen MR) is 74.5 cm³/mol. The fourth-order valence-corrected chi connectivity index (χ4v) is 3.59. The molecule has 1 amide bonds. The van der Waals surface area contributed by atoms with Crippen LogP contribution in [-0.4, -0.2) is 23.0 Å². The maximum absolute atomic E-state index is 12.3. The molecule has 1 aliphatic carbocycles. The van der Waals surface area contributed by atoms with Gasteiger partial charge in [-0.1, -0.05) is 13.3 Å². The molecule has 0 aliphatic heterocycles. The average molecular weight is 281 g/mol. The molecule has 104 valence electrons. The van der Waals surface area contributed by atoms with Gasteiger partial charge in [-0.25, -0.2) is 0 Å². The Balaban J connectivity index is 2.13. The van der Waals surface area contributed by atoms with Crippen LogP contribution in [0.2, 0.25) is 0 Å². The van der Waals surface area contributed by atoms with Gasteiger partial charge in [-0.3, -0.25) is 9.59 Å². The maximum atomic E-state index is 12.3. The van der Waals surface area contributed by atoms with Crippen LogP contribution in [0.3, 0.4) is 0 Å². The van der Waals surface area contributed by atoms with E-state index in [-0.39, 0.29) is 11.9 Å². The lowest BCUT2D eigenvalue weighted by Crippen LogP contribution is -2.47. The third-order valence-electron chi connectivity index (χ3n) is 4.09. The average Bonchev–Trinajstić information content (AvgIpc) is 2.97. The maximum Gasteiger partial charge on any atom is 0.311 e. The summed E-state index contributed by atoms with van der Waals surface area (Å²) in [6.45, 7) is 3.73. The lowest BCUT2D eigenvalue weighted by Gasteiger charge is -2.27. The van der Waals surface area contributed by atoms with E-state index in [4.69, 9.17) is 0 Å². The smallest absolute Gasteiger partial charge is 0.311 e. The highest BCUT2D eigenvalue weighted by molar-refractivity contribution is 7.12. The van der Waals surface area contributed by atoms with Gasteiger partial charge >= 0.3 is 5.97 Å². The summed E-state index contributed by atoms with van der Waals surface area (Å²) in [4.78, 5) is 24.3. The highest BCUT2D eigenvalue weighted by Gasteiger charge is 2.46. The van der Waals surface area contributed by atoms with Gasteiger partial charge in [-0.05, 0) is 43.2 Å². The molecule has 19 heavy (non-hydrogen) atoms. The molecule has 0 saturated heterocycles. The van der Waals surface area contributed by atoms with Crippen molar-refractivity contribution in [2.24, 2.45) is 5.41 Å². The third-order valence-corrected chi connectivity index (χ3v) is 5.04. The fourth-order valence-electron chi connectivity index (χ4n) is 2.69. The molecule has 0 aromatic carbocycles. The van der Waals surface area contributed by atoms with Crippen molar-refractivity contribution in [1.29, 1.82) is 0 Å². The Labute approximate surface area is 116 Å². The van der Waals surface area contributed by atoms with E-state index in [1.54, 1.807) is 6.92 Å². The second-order valence-electron chi connectivity index (χ2n) is 5.27. The minimum absolute atomic E-state index is 0.133. The van der Waals surface area contributed by atoms with Crippen LogP contribution in [0.4, 0.5) is 0 Å². The van der Waals surface area contributed by atoms with Gasteiger partial charge in [0.1, 0.15) is 0 Å². The first kappa shape index (κ1) is 14.1. The number of carboxylic acid groups (broad SMARTS) is 1. The van der Waals surface area contributed by atoms with Crippen molar-refractivity contribution in [2.75, 3.05) is 0 Å². The molecule has 1 aliphatic rings. The molecular weight excluding hydrogens is 262 g/mol. The number of nitrogens with one attached hydrogen (secondary N) is 1. The van der Waals surface area contributed by atoms with Gasteiger partial charge in [0.25, 0.3) is 5.91 Å². The van der Waals surface area contributed by atoms with E-state index in [1.165, 1.54) is 11.3 Å². The highest BCUT2D eigenvalue weighted by atomic mass is 32.1. The van der Waals surface area contributed by atoms with Crippen molar-refractivity contribution in [3.63, 3.8) is 0 Å². The molecule has 1 aromatic rings. The summed E-state index contributed by atoms with van der Waals surface area (Å²) in [6.07, 6.45) is 3.02. The number of hydrogen-bond donors (Lipinski definition) is 2. The first-order valence-corrected chi connectivity index (χ1v) is 7.47. The van der Waals surface area contributed by atoms with Crippen molar-refractivity contribution in [2.45, 2.75) is 45.6 Å². The number of hydrogen-bond acceptors (Lipinski definition) is 3. The quantitative estimate of drug-likeness (QED) is 0.891. The van der Waals surface area contributed by atoms with Crippen LogP contribution >= 0.6 is 11.3 Å². The first-order valence-electron chi connectivity index (χ1n) is 6.59. The van der Waals surface area contributed by atoms with Gasteiger partial charge in [0.2, 0.25) is 0 Å². The molecule has 1 fully saturated rings. The van der Waals surface area contributed by atoms with Crippen LogP contribution in [0, 0.1) is 5.41 Å². The van der Waals surface area contributed by atoms with Gasteiger partial charge in [-0.15, -0.1) is 11.3 Å². The Morgan fingerprint density at radius 2 is 2.32 bits per heavy atom. The van der Waals surface area contributed by atoms with Gasteiger partial charge in [0, 0.05) is 6.04 Å². The molecule has 4 nitrogen and oxygen atoms in total. The summed E-state index contributed by atoms with van der Waals surface area (Å²) in [5.74, 6) is -0.955. The number of carboxylic acids is 1. The van der Waals surface area contributed by atoms with Crippen molar-refractivity contribution >= 4 is 23.2 Å². The van der Waals surface area contributed by atoms with Crippen molar-refractivity contribution in [3.8, 4) is 0 Å². The van der Waals surface area contributed by atoms with E-state index in [2.05, 4.69) is 5.32 Å². The van der Waals surface area contributed by atoms with Crippen LogP contribution < -0.4 is 5.32 Å². The van der Waals surface area contributed by atoms with Crippen LogP contribution in [0.5, 0.6) is 0 Å². The summed E-state index contributed by atoms with van der Waals surface area (Å²) in [5.41, 5.74) is 0.191. The molecule has 1 aromatic heterocycles. The van der Waals surface area contributed by atoms with E-state index in [0.717, 1.165) is 24.8 Å². The fraction of sp³-hybridized carbons (Fsp3) is 0.571.